The summed E-state index contributed by atoms with van der Waals surface area (Å²) in [5.74, 6) is 0.887. The van der Waals surface area contributed by atoms with Crippen LogP contribution in [0.4, 0.5) is 0 Å². The summed E-state index contributed by atoms with van der Waals surface area (Å²) >= 11 is 5.72. The molecule has 1 aliphatic carbocycles. The molecule has 0 spiro atoms. The molecule has 0 aromatic carbocycles. The zero-order chi connectivity index (χ0) is 11.8. The number of carbonyl (C=O) groups is 1. The van der Waals surface area contributed by atoms with Crippen LogP contribution in [0.5, 0.6) is 0 Å². The predicted octanol–water partition coefficient (Wildman–Crippen LogP) is 3.58. The van der Waals surface area contributed by atoms with E-state index in [2.05, 4.69) is 6.92 Å². The average molecular weight is 246 g/mol. The van der Waals surface area contributed by atoms with Gasteiger partial charge in [0.1, 0.15) is 0 Å². The van der Waals surface area contributed by atoms with Crippen LogP contribution < -0.4 is 0 Å². The summed E-state index contributed by atoms with van der Waals surface area (Å²) in [4.78, 5) is 13.9. The maximum Gasteiger partial charge on any atom is 0.222 e. The molecule has 0 bridgehead atoms. The van der Waals surface area contributed by atoms with Crippen molar-refractivity contribution in [1.82, 2.24) is 4.90 Å². The third-order valence-corrected chi connectivity index (χ3v) is 3.30. The molecule has 0 heterocycles. The summed E-state index contributed by atoms with van der Waals surface area (Å²) in [6.07, 6.45) is 9.14. The lowest BCUT2D eigenvalue weighted by molar-refractivity contribution is -0.131. The first-order valence-corrected chi connectivity index (χ1v) is 7.18. The first-order valence-electron chi connectivity index (χ1n) is 6.65. The maximum absolute atomic E-state index is 11.9. The van der Waals surface area contributed by atoms with E-state index >= 15 is 0 Å². The molecular formula is C13H24ClNO. The number of nitrogens with zero attached hydrogens (tertiary/aromatic N) is 1. The number of carbonyl (C=O) groups excluding carboxylic acids is 1. The molecule has 2 nitrogen and oxygen atoms in total. The Morgan fingerprint density at radius 3 is 2.50 bits per heavy atom. The van der Waals surface area contributed by atoms with Crippen molar-refractivity contribution in [2.24, 2.45) is 0 Å². The highest BCUT2D eigenvalue weighted by Crippen LogP contribution is 2.27. The second-order valence-corrected chi connectivity index (χ2v) is 5.05. The largest absolute Gasteiger partial charge is 0.339 e. The van der Waals surface area contributed by atoms with E-state index < -0.39 is 0 Å². The van der Waals surface area contributed by atoms with Crippen LogP contribution in [0.1, 0.15) is 58.3 Å². The minimum absolute atomic E-state index is 0.319. The molecule has 0 saturated heterocycles. The summed E-state index contributed by atoms with van der Waals surface area (Å²) in [5, 5.41) is 0. The molecule has 0 unspecified atom stereocenters. The number of hydrogen-bond donors (Lipinski definition) is 0. The van der Waals surface area contributed by atoms with Crippen molar-refractivity contribution in [3.05, 3.63) is 0 Å². The van der Waals surface area contributed by atoms with Gasteiger partial charge in [-0.2, -0.15) is 0 Å². The third-order valence-electron chi connectivity index (χ3n) is 3.13. The second-order valence-electron chi connectivity index (χ2n) is 4.67. The van der Waals surface area contributed by atoms with Crippen molar-refractivity contribution in [1.29, 1.82) is 0 Å². The molecule has 1 rings (SSSR count). The Hall–Kier alpha value is -0.240. The van der Waals surface area contributed by atoms with Gasteiger partial charge in [0.15, 0.2) is 0 Å². The standard InChI is InChI=1S/C13H24ClNO/c1-2-3-4-5-6-7-13(16)15(11-10-14)12-8-9-12/h12H,2-11H2,1H3. The molecule has 1 fully saturated rings. The summed E-state index contributed by atoms with van der Waals surface area (Å²) < 4.78 is 0. The molecule has 0 N–H and O–H groups in total. The van der Waals surface area contributed by atoms with Gasteiger partial charge < -0.3 is 4.90 Å². The molecule has 1 amide bonds. The smallest absolute Gasteiger partial charge is 0.222 e. The molecule has 0 aromatic heterocycles. The fourth-order valence-electron chi connectivity index (χ4n) is 2.01. The normalized spacial score (nSPS) is 15.1. The number of alkyl halides is 1. The summed E-state index contributed by atoms with van der Waals surface area (Å²) in [6.45, 7) is 2.94. The molecule has 1 aliphatic rings. The lowest BCUT2D eigenvalue weighted by Gasteiger charge is -2.21. The monoisotopic (exact) mass is 245 g/mol. The van der Waals surface area contributed by atoms with Gasteiger partial charge >= 0.3 is 0 Å². The highest BCUT2D eigenvalue weighted by molar-refractivity contribution is 6.18. The van der Waals surface area contributed by atoms with Crippen molar-refractivity contribution in [2.45, 2.75) is 64.3 Å². The molecule has 94 valence electrons. The van der Waals surface area contributed by atoms with E-state index in [1.807, 2.05) is 4.90 Å². The number of hydrogen-bond acceptors (Lipinski definition) is 1. The van der Waals surface area contributed by atoms with Crippen LogP contribution in [-0.4, -0.2) is 29.3 Å². The maximum atomic E-state index is 11.9. The Morgan fingerprint density at radius 1 is 1.25 bits per heavy atom. The lowest BCUT2D eigenvalue weighted by Crippen LogP contribution is -2.34. The predicted molar refractivity (Wildman–Crippen MR) is 68.8 cm³/mol. The zero-order valence-electron chi connectivity index (χ0n) is 10.4. The molecule has 0 atom stereocenters. The van der Waals surface area contributed by atoms with E-state index in [9.17, 15) is 4.79 Å². The van der Waals surface area contributed by atoms with Gasteiger partial charge in [0, 0.05) is 24.9 Å². The van der Waals surface area contributed by atoms with Gasteiger partial charge in [0.05, 0.1) is 0 Å². The summed E-state index contributed by atoms with van der Waals surface area (Å²) in [6, 6.07) is 0.516. The van der Waals surface area contributed by atoms with E-state index in [4.69, 9.17) is 11.6 Å². The van der Waals surface area contributed by atoms with E-state index in [0.29, 0.717) is 17.8 Å². The van der Waals surface area contributed by atoms with Gasteiger partial charge in [0.2, 0.25) is 5.91 Å². The number of halogens is 1. The van der Waals surface area contributed by atoms with E-state index in [1.165, 1.54) is 38.5 Å². The molecule has 0 aliphatic heterocycles. The molecular weight excluding hydrogens is 222 g/mol. The Balaban J connectivity index is 2.11. The van der Waals surface area contributed by atoms with Crippen LogP contribution >= 0.6 is 11.6 Å². The van der Waals surface area contributed by atoms with Crippen molar-refractivity contribution in [3.63, 3.8) is 0 Å². The Morgan fingerprint density at radius 2 is 1.94 bits per heavy atom. The molecule has 1 saturated carbocycles. The van der Waals surface area contributed by atoms with Crippen LogP contribution in [0.2, 0.25) is 0 Å². The minimum atomic E-state index is 0.319. The second kappa shape index (κ2) is 7.94. The number of amides is 1. The minimum Gasteiger partial charge on any atom is -0.339 e. The first kappa shape index (κ1) is 13.8. The molecule has 0 aromatic rings. The van der Waals surface area contributed by atoms with Crippen LogP contribution in [0.15, 0.2) is 0 Å². The lowest BCUT2D eigenvalue weighted by atomic mass is 10.1. The first-order chi connectivity index (χ1) is 7.79. The topological polar surface area (TPSA) is 20.3 Å². The third kappa shape index (κ3) is 5.20. The van der Waals surface area contributed by atoms with Crippen molar-refractivity contribution in [2.75, 3.05) is 12.4 Å². The van der Waals surface area contributed by atoms with Crippen LogP contribution in [0.25, 0.3) is 0 Å². The summed E-state index contributed by atoms with van der Waals surface area (Å²) in [7, 11) is 0. The van der Waals surface area contributed by atoms with Crippen molar-refractivity contribution in [3.8, 4) is 0 Å². The van der Waals surface area contributed by atoms with Gasteiger partial charge in [-0.25, -0.2) is 0 Å². The van der Waals surface area contributed by atoms with Gasteiger partial charge in [-0.15, -0.1) is 11.6 Å². The Bertz CT molecular complexity index is 204. The SMILES string of the molecule is CCCCCCCC(=O)N(CCCl)C1CC1. The van der Waals surface area contributed by atoms with E-state index in [-0.39, 0.29) is 0 Å². The highest BCUT2D eigenvalue weighted by Gasteiger charge is 2.31. The highest BCUT2D eigenvalue weighted by atomic mass is 35.5. The number of rotatable bonds is 9. The van der Waals surface area contributed by atoms with E-state index in [1.54, 1.807) is 0 Å². The van der Waals surface area contributed by atoms with Crippen LogP contribution in [0.3, 0.4) is 0 Å². The zero-order valence-corrected chi connectivity index (χ0v) is 11.1. The quantitative estimate of drug-likeness (QED) is 0.449. The summed E-state index contributed by atoms with van der Waals surface area (Å²) in [5.41, 5.74) is 0. The fourth-order valence-corrected chi connectivity index (χ4v) is 2.19. The fraction of sp³-hybridized carbons (Fsp3) is 0.923. The van der Waals surface area contributed by atoms with Gasteiger partial charge in [-0.1, -0.05) is 32.6 Å². The van der Waals surface area contributed by atoms with E-state index in [0.717, 1.165) is 19.4 Å². The van der Waals surface area contributed by atoms with Crippen molar-refractivity contribution >= 4 is 17.5 Å². The molecule has 3 heteroatoms. The Labute approximate surface area is 104 Å². The molecule has 0 radical (unpaired) electrons. The van der Waals surface area contributed by atoms with Crippen molar-refractivity contribution < 1.29 is 4.79 Å². The van der Waals surface area contributed by atoms with Crippen LogP contribution in [-0.2, 0) is 4.79 Å². The Kier molecular flexibility index (Phi) is 6.86. The van der Waals surface area contributed by atoms with Gasteiger partial charge in [-0.05, 0) is 19.3 Å². The average Bonchev–Trinajstić information content (AvgIpc) is 3.09. The molecule has 16 heavy (non-hydrogen) atoms. The number of unbranched alkanes of at least 4 members (excludes halogenated alkanes) is 4. The van der Waals surface area contributed by atoms with Gasteiger partial charge in [-0.3, -0.25) is 4.79 Å². The van der Waals surface area contributed by atoms with Gasteiger partial charge in [0.25, 0.3) is 0 Å². The van der Waals surface area contributed by atoms with Crippen LogP contribution in [0, 0.1) is 0 Å².